The fourth-order valence-electron chi connectivity index (χ4n) is 3.04. The number of hydrogen-bond donors (Lipinski definition) is 1. The molecule has 1 aliphatic carbocycles. The van der Waals surface area contributed by atoms with E-state index in [0.29, 0.717) is 0 Å². The first-order valence-corrected chi connectivity index (χ1v) is 7.38. The molecule has 0 spiro atoms. The van der Waals surface area contributed by atoms with Crippen molar-refractivity contribution in [3.63, 3.8) is 0 Å². The van der Waals surface area contributed by atoms with Gasteiger partial charge in [-0.2, -0.15) is 5.10 Å². The molecule has 0 radical (unpaired) electrons. The predicted octanol–water partition coefficient (Wildman–Crippen LogP) is 3.10. The van der Waals surface area contributed by atoms with Gasteiger partial charge in [0.1, 0.15) is 0 Å². The Hall–Kier alpha value is -0.830. The topological polar surface area (TPSA) is 29.9 Å². The lowest BCUT2D eigenvalue weighted by molar-refractivity contribution is 0.424. The molecule has 18 heavy (non-hydrogen) atoms. The van der Waals surface area contributed by atoms with E-state index in [-0.39, 0.29) is 0 Å². The quantitative estimate of drug-likeness (QED) is 0.831. The zero-order chi connectivity index (χ0) is 13.0. The molecule has 1 aliphatic rings. The zero-order valence-electron chi connectivity index (χ0n) is 12.1. The summed E-state index contributed by atoms with van der Waals surface area (Å²) in [6.45, 7) is 6.41. The highest BCUT2D eigenvalue weighted by Crippen LogP contribution is 2.22. The van der Waals surface area contributed by atoms with Gasteiger partial charge < -0.3 is 5.32 Å². The van der Waals surface area contributed by atoms with E-state index in [2.05, 4.69) is 24.3 Å². The third-order valence-electron chi connectivity index (χ3n) is 4.37. The summed E-state index contributed by atoms with van der Waals surface area (Å²) in [4.78, 5) is 0. The van der Waals surface area contributed by atoms with Crippen LogP contribution in [0.3, 0.4) is 0 Å². The van der Waals surface area contributed by atoms with Crippen LogP contribution in [0.2, 0.25) is 0 Å². The zero-order valence-corrected chi connectivity index (χ0v) is 12.1. The third kappa shape index (κ3) is 3.35. The molecule has 1 N–H and O–H groups in total. The molecular formula is C15H27N3. The summed E-state index contributed by atoms with van der Waals surface area (Å²) in [6, 6.07) is 0. The number of aryl methyl sites for hydroxylation is 2. The van der Waals surface area contributed by atoms with Gasteiger partial charge in [0.2, 0.25) is 0 Å². The molecular weight excluding hydrogens is 222 g/mol. The van der Waals surface area contributed by atoms with Crippen molar-refractivity contribution in [3.05, 3.63) is 17.0 Å². The van der Waals surface area contributed by atoms with Crippen molar-refractivity contribution < 1.29 is 0 Å². The second-order valence-corrected chi connectivity index (χ2v) is 5.76. The van der Waals surface area contributed by atoms with Crippen LogP contribution >= 0.6 is 0 Å². The summed E-state index contributed by atoms with van der Waals surface area (Å²) >= 11 is 0. The standard InChI is InChI=1S/C15H27N3/c1-12-15(13(2)18(3)17-12)11-16-10-14-8-6-4-5-7-9-14/h14,16H,4-11H2,1-3H3. The highest BCUT2D eigenvalue weighted by molar-refractivity contribution is 5.23. The van der Waals surface area contributed by atoms with Gasteiger partial charge in [-0.15, -0.1) is 0 Å². The Bertz CT molecular complexity index is 373. The molecule has 0 aromatic carbocycles. The molecule has 102 valence electrons. The van der Waals surface area contributed by atoms with E-state index in [1.54, 1.807) is 0 Å². The van der Waals surface area contributed by atoms with Crippen LogP contribution < -0.4 is 5.32 Å². The maximum Gasteiger partial charge on any atom is 0.0641 e. The minimum Gasteiger partial charge on any atom is -0.312 e. The van der Waals surface area contributed by atoms with Crippen LogP contribution in [-0.4, -0.2) is 16.3 Å². The average molecular weight is 249 g/mol. The molecule has 1 aromatic heterocycles. The largest absolute Gasteiger partial charge is 0.312 e. The van der Waals surface area contributed by atoms with Crippen LogP contribution in [0.1, 0.15) is 55.5 Å². The Kier molecular flexibility index (Phi) is 4.81. The molecule has 1 saturated carbocycles. The first-order valence-electron chi connectivity index (χ1n) is 7.38. The lowest BCUT2D eigenvalue weighted by Gasteiger charge is -2.14. The maximum atomic E-state index is 4.47. The predicted molar refractivity (Wildman–Crippen MR) is 75.6 cm³/mol. The minimum absolute atomic E-state index is 0.893. The summed E-state index contributed by atoms with van der Waals surface area (Å²) < 4.78 is 1.98. The van der Waals surface area contributed by atoms with Crippen molar-refractivity contribution in [3.8, 4) is 0 Å². The molecule has 0 aliphatic heterocycles. The number of nitrogens with one attached hydrogen (secondary N) is 1. The van der Waals surface area contributed by atoms with Crippen LogP contribution in [0.15, 0.2) is 0 Å². The van der Waals surface area contributed by atoms with Gasteiger partial charge in [-0.1, -0.05) is 25.7 Å². The first-order chi connectivity index (χ1) is 8.68. The Morgan fingerprint density at radius 2 is 1.83 bits per heavy atom. The summed E-state index contributed by atoms with van der Waals surface area (Å²) in [5, 5.41) is 8.11. The van der Waals surface area contributed by atoms with Crippen molar-refractivity contribution in [2.75, 3.05) is 6.54 Å². The van der Waals surface area contributed by atoms with E-state index in [4.69, 9.17) is 0 Å². The number of hydrogen-bond acceptors (Lipinski definition) is 2. The minimum atomic E-state index is 0.893. The summed E-state index contributed by atoms with van der Waals surface area (Å²) in [5.74, 6) is 0.893. The second kappa shape index (κ2) is 6.37. The number of aromatic nitrogens is 2. The molecule has 2 rings (SSSR count). The van der Waals surface area contributed by atoms with Crippen molar-refractivity contribution >= 4 is 0 Å². The monoisotopic (exact) mass is 249 g/mol. The molecule has 0 bridgehead atoms. The Labute approximate surface area is 111 Å². The van der Waals surface area contributed by atoms with Crippen LogP contribution in [-0.2, 0) is 13.6 Å². The van der Waals surface area contributed by atoms with Crippen LogP contribution in [0, 0.1) is 19.8 Å². The normalized spacial score (nSPS) is 17.9. The van der Waals surface area contributed by atoms with E-state index >= 15 is 0 Å². The molecule has 1 fully saturated rings. The van der Waals surface area contributed by atoms with Crippen LogP contribution in [0.25, 0.3) is 0 Å². The lowest BCUT2D eigenvalue weighted by Crippen LogP contribution is -2.22. The van der Waals surface area contributed by atoms with Crippen molar-refractivity contribution in [1.29, 1.82) is 0 Å². The van der Waals surface area contributed by atoms with Gasteiger partial charge in [0.15, 0.2) is 0 Å². The number of rotatable bonds is 4. The summed E-state index contributed by atoms with van der Waals surface area (Å²) in [5.41, 5.74) is 3.84. The maximum absolute atomic E-state index is 4.47. The smallest absolute Gasteiger partial charge is 0.0641 e. The van der Waals surface area contributed by atoms with Crippen molar-refractivity contribution in [2.24, 2.45) is 13.0 Å². The molecule has 3 nitrogen and oxygen atoms in total. The molecule has 0 unspecified atom stereocenters. The highest BCUT2D eigenvalue weighted by atomic mass is 15.3. The molecule has 0 atom stereocenters. The molecule has 0 amide bonds. The molecule has 3 heteroatoms. The molecule has 1 heterocycles. The van der Waals surface area contributed by atoms with Gasteiger partial charge in [-0.05, 0) is 39.2 Å². The Balaban J connectivity index is 1.80. The first kappa shape index (κ1) is 13.6. The highest BCUT2D eigenvalue weighted by Gasteiger charge is 2.13. The fourth-order valence-corrected chi connectivity index (χ4v) is 3.04. The van der Waals surface area contributed by atoms with Gasteiger partial charge in [-0.3, -0.25) is 4.68 Å². The van der Waals surface area contributed by atoms with E-state index in [0.717, 1.165) is 12.5 Å². The third-order valence-corrected chi connectivity index (χ3v) is 4.37. The van der Waals surface area contributed by atoms with Gasteiger partial charge in [-0.25, -0.2) is 0 Å². The van der Waals surface area contributed by atoms with E-state index in [1.807, 2.05) is 11.7 Å². The number of nitrogens with zero attached hydrogens (tertiary/aromatic N) is 2. The van der Waals surface area contributed by atoms with Crippen LogP contribution in [0.5, 0.6) is 0 Å². The molecule has 1 aromatic rings. The summed E-state index contributed by atoms with van der Waals surface area (Å²) in [6.07, 6.45) is 8.57. The average Bonchev–Trinajstić information content (AvgIpc) is 2.57. The second-order valence-electron chi connectivity index (χ2n) is 5.76. The SMILES string of the molecule is Cc1nn(C)c(C)c1CNCC1CCCCCC1. The van der Waals surface area contributed by atoms with Crippen molar-refractivity contribution in [2.45, 2.75) is 58.9 Å². The van der Waals surface area contributed by atoms with Crippen LogP contribution in [0.4, 0.5) is 0 Å². The Morgan fingerprint density at radius 1 is 1.17 bits per heavy atom. The van der Waals surface area contributed by atoms with Crippen molar-refractivity contribution in [1.82, 2.24) is 15.1 Å². The van der Waals surface area contributed by atoms with E-state index in [1.165, 1.54) is 62.0 Å². The molecule has 0 saturated heterocycles. The Morgan fingerprint density at radius 3 is 2.39 bits per heavy atom. The van der Waals surface area contributed by atoms with E-state index < -0.39 is 0 Å². The lowest BCUT2D eigenvalue weighted by atomic mass is 10.0. The van der Waals surface area contributed by atoms with Gasteiger partial charge in [0, 0.05) is 24.8 Å². The summed E-state index contributed by atoms with van der Waals surface area (Å²) in [7, 11) is 2.02. The van der Waals surface area contributed by atoms with Gasteiger partial charge >= 0.3 is 0 Å². The van der Waals surface area contributed by atoms with Gasteiger partial charge in [0.25, 0.3) is 0 Å². The van der Waals surface area contributed by atoms with E-state index in [9.17, 15) is 0 Å². The fraction of sp³-hybridized carbons (Fsp3) is 0.800. The van der Waals surface area contributed by atoms with Gasteiger partial charge in [0.05, 0.1) is 5.69 Å².